The van der Waals surface area contributed by atoms with E-state index < -0.39 is 0 Å². The molecule has 0 radical (unpaired) electrons. The average molecular weight is 236 g/mol. The van der Waals surface area contributed by atoms with Gasteiger partial charge in [0.2, 0.25) is 0 Å². The van der Waals surface area contributed by atoms with Crippen molar-refractivity contribution in [2.45, 2.75) is 45.4 Å². The van der Waals surface area contributed by atoms with Crippen LogP contribution in [0.2, 0.25) is 0 Å². The van der Waals surface area contributed by atoms with Crippen molar-refractivity contribution in [3.05, 3.63) is 29.8 Å². The maximum atomic E-state index is 5.84. The van der Waals surface area contributed by atoms with Crippen molar-refractivity contribution in [2.24, 2.45) is 5.73 Å². The molecule has 0 spiro atoms. The third-order valence-electron chi connectivity index (χ3n) is 2.61. The summed E-state index contributed by atoms with van der Waals surface area (Å²) >= 11 is 0. The normalized spacial score (nSPS) is 14.7. The number of rotatable bonds is 6. The lowest BCUT2D eigenvalue weighted by Crippen LogP contribution is -2.25. The molecular formula is C14H24N2O. The largest absolute Gasteiger partial charge is 0.491 e. The van der Waals surface area contributed by atoms with Gasteiger partial charge in [-0.25, -0.2) is 0 Å². The highest BCUT2D eigenvalue weighted by atomic mass is 16.5. The van der Waals surface area contributed by atoms with Gasteiger partial charge in [-0.15, -0.1) is 0 Å². The SMILES string of the molecule is CNC(CC(C)N)c1ccc(OC(C)C)cc1. The monoisotopic (exact) mass is 236 g/mol. The minimum absolute atomic E-state index is 0.194. The third-order valence-corrected chi connectivity index (χ3v) is 2.61. The van der Waals surface area contributed by atoms with Crippen LogP contribution in [0.15, 0.2) is 24.3 Å². The van der Waals surface area contributed by atoms with E-state index in [4.69, 9.17) is 10.5 Å². The molecule has 0 saturated carbocycles. The van der Waals surface area contributed by atoms with Gasteiger partial charge < -0.3 is 15.8 Å². The molecule has 0 amide bonds. The fourth-order valence-electron chi connectivity index (χ4n) is 1.84. The molecule has 3 N–H and O–H groups in total. The maximum absolute atomic E-state index is 5.84. The molecule has 3 heteroatoms. The standard InChI is InChI=1S/C14H24N2O/c1-10(2)17-13-7-5-12(6-8-13)14(16-4)9-11(3)15/h5-8,10-11,14,16H,9,15H2,1-4H3. The zero-order chi connectivity index (χ0) is 12.8. The van der Waals surface area contributed by atoms with Gasteiger partial charge >= 0.3 is 0 Å². The van der Waals surface area contributed by atoms with E-state index in [1.807, 2.05) is 40.0 Å². The topological polar surface area (TPSA) is 47.3 Å². The summed E-state index contributed by atoms with van der Waals surface area (Å²) in [4.78, 5) is 0. The molecule has 1 aromatic rings. The van der Waals surface area contributed by atoms with Crippen LogP contribution in [0.5, 0.6) is 5.75 Å². The van der Waals surface area contributed by atoms with Crippen molar-refractivity contribution in [1.82, 2.24) is 5.32 Å². The number of nitrogens with two attached hydrogens (primary N) is 1. The Balaban J connectivity index is 2.70. The molecule has 1 rings (SSSR count). The molecule has 0 bridgehead atoms. The fraction of sp³-hybridized carbons (Fsp3) is 0.571. The Morgan fingerprint density at radius 1 is 1.18 bits per heavy atom. The van der Waals surface area contributed by atoms with Gasteiger partial charge in [0.15, 0.2) is 0 Å². The Morgan fingerprint density at radius 3 is 2.18 bits per heavy atom. The van der Waals surface area contributed by atoms with E-state index >= 15 is 0 Å². The van der Waals surface area contributed by atoms with Crippen molar-refractivity contribution in [3.8, 4) is 5.75 Å². The lowest BCUT2D eigenvalue weighted by Gasteiger charge is -2.19. The van der Waals surface area contributed by atoms with Crippen LogP contribution < -0.4 is 15.8 Å². The van der Waals surface area contributed by atoms with Crippen LogP contribution in [0, 0.1) is 0 Å². The second-order valence-corrected chi connectivity index (χ2v) is 4.79. The Hall–Kier alpha value is -1.06. The molecule has 2 atom stereocenters. The third kappa shape index (κ3) is 4.75. The predicted molar refractivity (Wildman–Crippen MR) is 72.3 cm³/mol. The minimum atomic E-state index is 0.194. The van der Waals surface area contributed by atoms with E-state index in [2.05, 4.69) is 17.4 Å². The van der Waals surface area contributed by atoms with E-state index in [1.54, 1.807) is 0 Å². The summed E-state index contributed by atoms with van der Waals surface area (Å²) in [5.74, 6) is 0.916. The zero-order valence-electron chi connectivity index (χ0n) is 11.2. The number of ether oxygens (including phenoxy) is 1. The second kappa shape index (κ2) is 6.62. The predicted octanol–water partition coefficient (Wildman–Crippen LogP) is 2.47. The smallest absolute Gasteiger partial charge is 0.119 e. The molecule has 96 valence electrons. The summed E-state index contributed by atoms with van der Waals surface area (Å²) in [7, 11) is 1.96. The van der Waals surface area contributed by atoms with Gasteiger partial charge in [-0.1, -0.05) is 12.1 Å². The summed E-state index contributed by atoms with van der Waals surface area (Å²) in [6.07, 6.45) is 1.14. The Bertz CT molecular complexity index is 319. The minimum Gasteiger partial charge on any atom is -0.491 e. The van der Waals surface area contributed by atoms with E-state index in [0.29, 0.717) is 6.04 Å². The molecule has 0 fully saturated rings. The summed E-state index contributed by atoms with van der Waals surface area (Å²) in [6, 6.07) is 8.73. The number of hydrogen-bond acceptors (Lipinski definition) is 3. The summed E-state index contributed by atoms with van der Waals surface area (Å²) in [5, 5.41) is 3.29. The van der Waals surface area contributed by atoms with Crippen LogP contribution in [0.4, 0.5) is 0 Å². The van der Waals surface area contributed by atoms with Crippen LogP contribution in [0.25, 0.3) is 0 Å². The Morgan fingerprint density at radius 2 is 1.76 bits per heavy atom. The molecule has 1 aromatic carbocycles. The lowest BCUT2D eigenvalue weighted by atomic mass is 10.0. The van der Waals surface area contributed by atoms with Crippen LogP contribution in [0.3, 0.4) is 0 Å². The van der Waals surface area contributed by atoms with Gasteiger partial charge in [0, 0.05) is 12.1 Å². The van der Waals surface area contributed by atoms with Gasteiger partial charge in [0.1, 0.15) is 5.75 Å². The first-order valence-corrected chi connectivity index (χ1v) is 6.22. The van der Waals surface area contributed by atoms with Gasteiger partial charge in [0.25, 0.3) is 0 Å². The fourth-order valence-corrected chi connectivity index (χ4v) is 1.84. The highest BCUT2D eigenvalue weighted by molar-refractivity contribution is 5.29. The van der Waals surface area contributed by atoms with E-state index in [9.17, 15) is 0 Å². The number of benzene rings is 1. The number of nitrogens with one attached hydrogen (secondary N) is 1. The summed E-state index contributed by atoms with van der Waals surface area (Å²) < 4.78 is 5.62. The molecule has 0 saturated heterocycles. The molecule has 0 heterocycles. The van der Waals surface area contributed by atoms with E-state index in [0.717, 1.165) is 12.2 Å². The van der Waals surface area contributed by atoms with Crippen LogP contribution in [-0.4, -0.2) is 19.2 Å². The molecule has 0 aliphatic rings. The van der Waals surface area contributed by atoms with Gasteiger partial charge in [-0.2, -0.15) is 0 Å². The van der Waals surface area contributed by atoms with Crippen LogP contribution >= 0.6 is 0 Å². The summed E-state index contributed by atoms with van der Waals surface area (Å²) in [5.41, 5.74) is 7.09. The highest BCUT2D eigenvalue weighted by Gasteiger charge is 2.11. The maximum Gasteiger partial charge on any atom is 0.119 e. The molecule has 2 unspecified atom stereocenters. The lowest BCUT2D eigenvalue weighted by molar-refractivity contribution is 0.242. The summed E-state index contributed by atoms with van der Waals surface area (Å²) in [6.45, 7) is 6.08. The second-order valence-electron chi connectivity index (χ2n) is 4.79. The van der Waals surface area contributed by atoms with Crippen molar-refractivity contribution in [3.63, 3.8) is 0 Å². The molecular weight excluding hydrogens is 212 g/mol. The van der Waals surface area contributed by atoms with Crippen LogP contribution in [-0.2, 0) is 0 Å². The quantitative estimate of drug-likeness (QED) is 0.797. The van der Waals surface area contributed by atoms with Crippen LogP contribution in [0.1, 0.15) is 38.8 Å². The van der Waals surface area contributed by atoms with Gasteiger partial charge in [0.05, 0.1) is 6.10 Å². The van der Waals surface area contributed by atoms with Crippen molar-refractivity contribution >= 4 is 0 Å². The molecule has 3 nitrogen and oxygen atoms in total. The molecule has 0 aliphatic heterocycles. The Labute approximate surface area is 104 Å². The first-order valence-electron chi connectivity index (χ1n) is 6.22. The molecule has 0 aromatic heterocycles. The first kappa shape index (κ1) is 14.0. The first-order chi connectivity index (χ1) is 8.02. The van der Waals surface area contributed by atoms with Gasteiger partial charge in [-0.3, -0.25) is 0 Å². The average Bonchev–Trinajstić information content (AvgIpc) is 2.26. The van der Waals surface area contributed by atoms with Gasteiger partial charge in [-0.05, 0) is 51.9 Å². The van der Waals surface area contributed by atoms with E-state index in [-0.39, 0.29) is 12.1 Å². The zero-order valence-corrected chi connectivity index (χ0v) is 11.2. The van der Waals surface area contributed by atoms with Crippen molar-refractivity contribution in [1.29, 1.82) is 0 Å². The Kier molecular flexibility index (Phi) is 5.45. The number of hydrogen-bond donors (Lipinski definition) is 2. The van der Waals surface area contributed by atoms with E-state index in [1.165, 1.54) is 5.56 Å². The highest BCUT2D eigenvalue weighted by Crippen LogP contribution is 2.21. The van der Waals surface area contributed by atoms with Crippen molar-refractivity contribution in [2.75, 3.05) is 7.05 Å². The molecule has 0 aliphatic carbocycles. The molecule has 17 heavy (non-hydrogen) atoms. The van der Waals surface area contributed by atoms with Crippen molar-refractivity contribution < 1.29 is 4.74 Å².